The second-order valence-corrected chi connectivity index (χ2v) is 13.7. The predicted molar refractivity (Wildman–Crippen MR) is 182 cm³/mol. The molecule has 45 heavy (non-hydrogen) atoms. The van der Waals surface area contributed by atoms with Crippen LogP contribution in [0.4, 0.5) is 10.1 Å². The van der Waals surface area contributed by atoms with Crippen LogP contribution in [0.15, 0.2) is 77.7 Å². The Bertz CT molecular complexity index is 1520. The molecule has 3 aromatic rings. The third kappa shape index (κ3) is 7.61. The van der Waals surface area contributed by atoms with Crippen LogP contribution < -0.4 is 10.2 Å². The third-order valence-electron chi connectivity index (χ3n) is 9.39. The SMILES string of the molecule is Cc1ccccc1CN1C(=O)/C(=C\c2ccc(C(=O)NCCCN3CCN(c4ccccc4F)CC3)cc2)SC2CCCCC21. The van der Waals surface area contributed by atoms with E-state index in [0.717, 1.165) is 62.5 Å². The Morgan fingerprint density at radius 3 is 2.47 bits per heavy atom. The third-order valence-corrected chi connectivity index (χ3v) is 10.8. The van der Waals surface area contributed by atoms with Gasteiger partial charge in [0.1, 0.15) is 5.82 Å². The van der Waals surface area contributed by atoms with Gasteiger partial charge in [0.05, 0.1) is 10.6 Å². The van der Waals surface area contributed by atoms with Gasteiger partial charge in [0.15, 0.2) is 0 Å². The standard InChI is InChI=1S/C37H43FN4O2S/c1-27-9-2-3-10-30(27)26-42-33-13-6-7-14-34(33)45-35(37(42)44)25-28-15-17-29(18-16-28)36(43)39-19-8-20-40-21-23-41(24-22-40)32-12-5-4-11-31(32)38/h2-5,9-12,15-18,25,33-34H,6-8,13-14,19-24,26H2,1H3,(H,39,43)/b35-25+. The molecule has 0 radical (unpaired) electrons. The van der Waals surface area contributed by atoms with Crippen molar-refractivity contribution in [3.05, 3.63) is 106 Å². The summed E-state index contributed by atoms with van der Waals surface area (Å²) >= 11 is 1.74. The zero-order chi connectivity index (χ0) is 31.2. The molecule has 3 aliphatic rings. The van der Waals surface area contributed by atoms with Gasteiger partial charge < -0.3 is 15.1 Å². The Morgan fingerprint density at radius 1 is 0.956 bits per heavy atom. The second kappa shape index (κ2) is 14.6. The predicted octanol–water partition coefficient (Wildman–Crippen LogP) is 6.50. The van der Waals surface area contributed by atoms with Gasteiger partial charge in [0.25, 0.3) is 11.8 Å². The number of fused-ring (bicyclic) bond motifs is 1. The molecule has 236 valence electrons. The van der Waals surface area contributed by atoms with E-state index in [1.807, 2.05) is 48.5 Å². The van der Waals surface area contributed by atoms with Crippen LogP contribution in [0, 0.1) is 12.7 Å². The molecule has 2 saturated heterocycles. The van der Waals surface area contributed by atoms with E-state index in [0.29, 0.717) is 29.6 Å². The van der Waals surface area contributed by atoms with E-state index in [2.05, 4.69) is 45.1 Å². The number of para-hydroxylation sites is 1. The van der Waals surface area contributed by atoms with Gasteiger partial charge in [-0.1, -0.05) is 61.4 Å². The van der Waals surface area contributed by atoms with Gasteiger partial charge in [0.2, 0.25) is 0 Å². The Hall–Kier alpha value is -3.62. The highest BCUT2D eigenvalue weighted by Crippen LogP contribution is 2.43. The minimum Gasteiger partial charge on any atom is -0.367 e. The number of piperazine rings is 1. The topological polar surface area (TPSA) is 55.9 Å². The number of nitrogens with zero attached hydrogens (tertiary/aromatic N) is 3. The molecule has 2 aliphatic heterocycles. The summed E-state index contributed by atoms with van der Waals surface area (Å²) in [5.41, 5.74) is 4.65. The van der Waals surface area contributed by atoms with Crippen LogP contribution in [0.2, 0.25) is 0 Å². The number of hydrogen-bond donors (Lipinski definition) is 1. The first-order valence-electron chi connectivity index (χ1n) is 16.3. The summed E-state index contributed by atoms with van der Waals surface area (Å²) in [4.78, 5) is 34.0. The minimum atomic E-state index is -0.169. The Balaban J connectivity index is 1.000. The maximum atomic E-state index is 14.1. The lowest BCUT2D eigenvalue weighted by molar-refractivity contribution is -0.130. The van der Waals surface area contributed by atoms with Crippen molar-refractivity contribution >= 4 is 35.3 Å². The Morgan fingerprint density at radius 2 is 1.69 bits per heavy atom. The van der Waals surface area contributed by atoms with Gasteiger partial charge in [-0.3, -0.25) is 14.5 Å². The summed E-state index contributed by atoms with van der Waals surface area (Å²) in [7, 11) is 0. The van der Waals surface area contributed by atoms with Crippen LogP contribution in [0.25, 0.3) is 6.08 Å². The smallest absolute Gasteiger partial charge is 0.260 e. The van der Waals surface area contributed by atoms with E-state index in [1.54, 1.807) is 17.8 Å². The molecule has 2 unspecified atom stereocenters. The first-order valence-corrected chi connectivity index (χ1v) is 17.2. The van der Waals surface area contributed by atoms with Crippen molar-refractivity contribution in [3.63, 3.8) is 0 Å². The first kappa shape index (κ1) is 31.4. The first-order chi connectivity index (χ1) is 22.0. The van der Waals surface area contributed by atoms with Crippen molar-refractivity contribution in [1.29, 1.82) is 0 Å². The molecule has 1 aliphatic carbocycles. The van der Waals surface area contributed by atoms with Crippen LogP contribution in [-0.2, 0) is 11.3 Å². The number of carbonyl (C=O) groups is 2. The molecule has 8 heteroatoms. The second-order valence-electron chi connectivity index (χ2n) is 12.4. The molecule has 0 bridgehead atoms. The van der Waals surface area contributed by atoms with Crippen molar-refractivity contribution in [1.82, 2.24) is 15.1 Å². The zero-order valence-corrected chi connectivity index (χ0v) is 26.9. The summed E-state index contributed by atoms with van der Waals surface area (Å²) < 4.78 is 14.1. The van der Waals surface area contributed by atoms with E-state index < -0.39 is 0 Å². The minimum absolute atomic E-state index is 0.0869. The quantitative estimate of drug-likeness (QED) is 0.217. The maximum Gasteiger partial charge on any atom is 0.260 e. The van der Waals surface area contributed by atoms with Crippen molar-refractivity contribution in [3.8, 4) is 0 Å². The number of rotatable bonds is 9. The largest absolute Gasteiger partial charge is 0.367 e. The number of anilines is 1. The molecule has 0 spiro atoms. The average molecular weight is 627 g/mol. The van der Waals surface area contributed by atoms with E-state index in [-0.39, 0.29) is 23.7 Å². The number of benzene rings is 3. The van der Waals surface area contributed by atoms with Crippen molar-refractivity contribution in [2.24, 2.45) is 0 Å². The molecule has 3 aromatic carbocycles. The zero-order valence-electron chi connectivity index (χ0n) is 26.1. The molecule has 0 aromatic heterocycles. The van der Waals surface area contributed by atoms with Gasteiger partial charge in [0, 0.05) is 56.1 Å². The fourth-order valence-corrected chi connectivity index (χ4v) is 8.22. The molecule has 1 N–H and O–H groups in total. The molecular weight excluding hydrogens is 583 g/mol. The maximum absolute atomic E-state index is 14.1. The number of carbonyl (C=O) groups excluding carboxylic acids is 2. The Labute approximate surface area is 270 Å². The van der Waals surface area contributed by atoms with Crippen LogP contribution >= 0.6 is 11.8 Å². The summed E-state index contributed by atoms with van der Waals surface area (Å²) in [5, 5.41) is 3.47. The number of aryl methyl sites for hydroxylation is 1. The lowest BCUT2D eigenvalue weighted by Gasteiger charge is -2.44. The van der Waals surface area contributed by atoms with E-state index >= 15 is 0 Å². The lowest BCUT2D eigenvalue weighted by Crippen LogP contribution is -2.50. The number of thioether (sulfide) groups is 1. The van der Waals surface area contributed by atoms with Gasteiger partial charge in [-0.05, 0) is 79.8 Å². The van der Waals surface area contributed by atoms with E-state index in [4.69, 9.17) is 0 Å². The van der Waals surface area contributed by atoms with Gasteiger partial charge >= 0.3 is 0 Å². The number of hydrogen-bond acceptors (Lipinski definition) is 5. The monoisotopic (exact) mass is 626 g/mol. The molecule has 2 atom stereocenters. The van der Waals surface area contributed by atoms with Crippen molar-refractivity contribution < 1.29 is 14.0 Å². The van der Waals surface area contributed by atoms with Crippen LogP contribution in [0.5, 0.6) is 0 Å². The molecule has 2 heterocycles. The van der Waals surface area contributed by atoms with Crippen LogP contribution in [0.1, 0.15) is 59.2 Å². The molecular formula is C37H43FN4O2S. The van der Waals surface area contributed by atoms with Crippen LogP contribution in [-0.4, -0.2) is 72.2 Å². The van der Waals surface area contributed by atoms with Crippen molar-refractivity contribution in [2.75, 3.05) is 44.2 Å². The summed E-state index contributed by atoms with van der Waals surface area (Å²) in [6, 6.07) is 23.1. The highest BCUT2D eigenvalue weighted by Gasteiger charge is 2.40. The van der Waals surface area contributed by atoms with Gasteiger partial charge in [-0.25, -0.2) is 4.39 Å². The highest BCUT2D eigenvalue weighted by atomic mass is 32.2. The highest BCUT2D eigenvalue weighted by molar-refractivity contribution is 8.04. The van der Waals surface area contributed by atoms with Crippen molar-refractivity contribution in [2.45, 2.75) is 56.9 Å². The number of nitrogens with one attached hydrogen (secondary N) is 1. The molecule has 2 amide bonds. The summed E-state index contributed by atoms with van der Waals surface area (Å²) in [6.07, 6.45) is 7.44. The summed E-state index contributed by atoms with van der Waals surface area (Å²) in [6.45, 7) is 7.61. The number of halogens is 1. The number of amides is 2. The normalized spacial score (nSPS) is 21.6. The fraction of sp³-hybridized carbons (Fsp3) is 0.405. The van der Waals surface area contributed by atoms with E-state index in [9.17, 15) is 14.0 Å². The van der Waals surface area contributed by atoms with Gasteiger partial charge in [-0.2, -0.15) is 0 Å². The van der Waals surface area contributed by atoms with E-state index in [1.165, 1.54) is 30.0 Å². The molecule has 6 nitrogen and oxygen atoms in total. The molecule has 1 saturated carbocycles. The molecule has 3 fully saturated rings. The van der Waals surface area contributed by atoms with Crippen LogP contribution in [0.3, 0.4) is 0 Å². The Kier molecular flexibility index (Phi) is 10.2. The van der Waals surface area contributed by atoms with Gasteiger partial charge in [-0.15, -0.1) is 11.8 Å². The summed E-state index contributed by atoms with van der Waals surface area (Å²) in [5.74, 6) is -0.143. The fourth-order valence-electron chi connectivity index (χ4n) is 6.74. The average Bonchev–Trinajstić information content (AvgIpc) is 3.06. The lowest BCUT2D eigenvalue weighted by atomic mass is 9.92. The molecule has 6 rings (SSSR count).